The van der Waals surface area contributed by atoms with Crippen LogP contribution in [0.3, 0.4) is 0 Å². The minimum absolute atomic E-state index is 0.113. The molecule has 1 aromatic rings. The molecule has 0 spiro atoms. The molecule has 0 bridgehead atoms. The smallest absolute Gasteiger partial charge is 0.183 e. The van der Waals surface area contributed by atoms with Gasteiger partial charge in [-0.25, -0.2) is 0 Å². The molecule has 0 unspecified atom stereocenters. The lowest BCUT2D eigenvalue weighted by atomic mass is 10.0. The van der Waals surface area contributed by atoms with Crippen LogP contribution >= 0.6 is 0 Å². The maximum atomic E-state index is 8.85. The lowest BCUT2D eigenvalue weighted by Crippen LogP contribution is -2.33. The van der Waals surface area contributed by atoms with Gasteiger partial charge in [0.25, 0.3) is 0 Å². The molecule has 134 valence electrons. The average molecular weight is 343 g/mol. The molecular weight excluding hydrogens is 318 g/mol. The standard InChI is InChI=1S/C20H25NO4/c1-2-3-16-11-22-19(23-12-16)9-6-17-13-24-20(25-14-17)18-7-4-15(10-21)5-8-18/h2-5,7-8,16-17,19-20H,6,9,11-14H2,1H3/b3-2-/t16-,17-,19-,20-. The van der Waals surface area contributed by atoms with Gasteiger partial charge < -0.3 is 18.9 Å². The third kappa shape index (κ3) is 5.13. The zero-order valence-corrected chi connectivity index (χ0v) is 14.6. The monoisotopic (exact) mass is 343 g/mol. The van der Waals surface area contributed by atoms with Gasteiger partial charge in [-0.2, -0.15) is 5.26 Å². The molecule has 5 nitrogen and oxygen atoms in total. The van der Waals surface area contributed by atoms with Crippen molar-refractivity contribution in [2.75, 3.05) is 26.4 Å². The van der Waals surface area contributed by atoms with Crippen LogP contribution in [0.4, 0.5) is 0 Å². The Hall–Kier alpha value is -1.71. The predicted molar refractivity (Wildman–Crippen MR) is 92.5 cm³/mol. The maximum Gasteiger partial charge on any atom is 0.183 e. The molecule has 0 saturated carbocycles. The van der Waals surface area contributed by atoms with Gasteiger partial charge in [0.1, 0.15) is 0 Å². The zero-order valence-electron chi connectivity index (χ0n) is 14.6. The summed E-state index contributed by atoms with van der Waals surface area (Å²) in [4.78, 5) is 0. The van der Waals surface area contributed by atoms with Crippen molar-refractivity contribution in [2.24, 2.45) is 11.8 Å². The van der Waals surface area contributed by atoms with Crippen LogP contribution in [-0.2, 0) is 18.9 Å². The lowest BCUT2D eigenvalue weighted by molar-refractivity contribution is -0.217. The normalized spacial score (nSPS) is 30.2. The molecule has 0 aromatic heterocycles. The second-order valence-electron chi connectivity index (χ2n) is 6.56. The molecule has 2 fully saturated rings. The van der Waals surface area contributed by atoms with Crippen LogP contribution in [0.1, 0.15) is 37.2 Å². The summed E-state index contributed by atoms with van der Waals surface area (Å²) >= 11 is 0. The van der Waals surface area contributed by atoms with Gasteiger partial charge in [0.05, 0.1) is 38.1 Å². The number of hydrogen-bond acceptors (Lipinski definition) is 5. The Kier molecular flexibility index (Phi) is 6.60. The minimum atomic E-state index is -0.340. The van der Waals surface area contributed by atoms with E-state index in [1.807, 2.05) is 25.1 Å². The quantitative estimate of drug-likeness (QED) is 0.765. The van der Waals surface area contributed by atoms with E-state index in [0.717, 1.165) is 31.6 Å². The Morgan fingerprint density at radius 3 is 2.28 bits per heavy atom. The molecular formula is C20H25NO4. The number of allylic oxidation sites excluding steroid dienone is 1. The first-order valence-corrected chi connectivity index (χ1v) is 8.87. The van der Waals surface area contributed by atoms with Crippen molar-refractivity contribution in [3.63, 3.8) is 0 Å². The van der Waals surface area contributed by atoms with Crippen molar-refractivity contribution >= 4 is 0 Å². The summed E-state index contributed by atoms with van der Waals surface area (Å²) in [5, 5.41) is 8.85. The summed E-state index contributed by atoms with van der Waals surface area (Å²) < 4.78 is 23.2. The fourth-order valence-corrected chi connectivity index (χ4v) is 3.10. The number of nitriles is 1. The highest BCUT2D eigenvalue weighted by Gasteiger charge is 2.26. The molecule has 0 aliphatic carbocycles. The molecule has 3 rings (SSSR count). The second kappa shape index (κ2) is 9.12. The number of nitrogens with zero attached hydrogens (tertiary/aromatic N) is 1. The van der Waals surface area contributed by atoms with E-state index in [9.17, 15) is 0 Å². The van der Waals surface area contributed by atoms with Gasteiger partial charge in [-0.15, -0.1) is 0 Å². The Bertz CT molecular complexity index is 591. The summed E-state index contributed by atoms with van der Waals surface area (Å²) in [5.41, 5.74) is 1.59. The molecule has 0 amide bonds. The first kappa shape index (κ1) is 18.1. The van der Waals surface area contributed by atoms with E-state index >= 15 is 0 Å². The van der Waals surface area contributed by atoms with E-state index in [1.165, 1.54) is 0 Å². The molecule has 1 aromatic carbocycles. The molecule has 0 radical (unpaired) electrons. The predicted octanol–water partition coefficient (Wildman–Crippen LogP) is 3.57. The number of ether oxygens (including phenoxy) is 4. The zero-order chi connectivity index (χ0) is 17.5. The number of rotatable bonds is 5. The van der Waals surface area contributed by atoms with Crippen LogP contribution in [0, 0.1) is 23.2 Å². The Labute approximate surface area is 149 Å². The molecule has 2 heterocycles. The number of hydrogen-bond donors (Lipinski definition) is 0. The fourth-order valence-electron chi connectivity index (χ4n) is 3.10. The number of benzene rings is 1. The maximum absolute atomic E-state index is 8.85. The molecule has 25 heavy (non-hydrogen) atoms. The molecule has 5 heteroatoms. The van der Waals surface area contributed by atoms with Gasteiger partial charge in [0.15, 0.2) is 12.6 Å². The van der Waals surface area contributed by atoms with Crippen molar-refractivity contribution in [1.29, 1.82) is 5.26 Å². The van der Waals surface area contributed by atoms with E-state index in [0.29, 0.717) is 30.6 Å². The molecule has 2 aliphatic rings. The first-order chi connectivity index (χ1) is 12.3. The summed E-state index contributed by atoms with van der Waals surface area (Å²) in [7, 11) is 0. The molecule has 0 N–H and O–H groups in total. The minimum Gasteiger partial charge on any atom is -0.352 e. The highest BCUT2D eigenvalue weighted by molar-refractivity contribution is 5.32. The van der Waals surface area contributed by atoms with Crippen molar-refractivity contribution in [2.45, 2.75) is 32.3 Å². The third-order valence-electron chi connectivity index (χ3n) is 4.55. The van der Waals surface area contributed by atoms with Gasteiger partial charge in [0.2, 0.25) is 0 Å². The van der Waals surface area contributed by atoms with Crippen molar-refractivity contribution in [3.05, 3.63) is 47.5 Å². The SMILES string of the molecule is C/C=C\[C@H]1CO[C@H](CC[C@H]2CO[C@H](c3ccc(C#N)cc3)OC2)OC1. The molecule has 0 atom stereocenters. The Balaban J connectivity index is 1.37. The van der Waals surface area contributed by atoms with Crippen molar-refractivity contribution in [1.82, 2.24) is 0 Å². The largest absolute Gasteiger partial charge is 0.352 e. The van der Waals surface area contributed by atoms with E-state index in [-0.39, 0.29) is 12.6 Å². The summed E-state index contributed by atoms with van der Waals surface area (Å²) in [5.74, 6) is 0.728. The summed E-state index contributed by atoms with van der Waals surface area (Å²) in [6.45, 7) is 4.80. The lowest BCUT2D eigenvalue weighted by Gasteiger charge is -2.32. The Morgan fingerprint density at radius 2 is 1.68 bits per heavy atom. The second-order valence-corrected chi connectivity index (χ2v) is 6.56. The van der Waals surface area contributed by atoms with E-state index in [1.54, 1.807) is 12.1 Å². The highest BCUT2D eigenvalue weighted by Crippen LogP contribution is 2.28. The van der Waals surface area contributed by atoms with Crippen LogP contribution in [0.15, 0.2) is 36.4 Å². The molecule has 2 aliphatic heterocycles. The summed E-state index contributed by atoms with van der Waals surface area (Å²) in [6, 6.07) is 9.45. The van der Waals surface area contributed by atoms with Gasteiger partial charge >= 0.3 is 0 Å². The van der Waals surface area contributed by atoms with Gasteiger partial charge in [-0.3, -0.25) is 0 Å². The van der Waals surface area contributed by atoms with E-state index < -0.39 is 0 Å². The van der Waals surface area contributed by atoms with Crippen LogP contribution in [0.2, 0.25) is 0 Å². The van der Waals surface area contributed by atoms with Gasteiger partial charge in [0, 0.05) is 17.4 Å². The first-order valence-electron chi connectivity index (χ1n) is 8.87. The third-order valence-corrected chi connectivity index (χ3v) is 4.55. The Morgan fingerprint density at radius 1 is 1.00 bits per heavy atom. The molecule has 2 saturated heterocycles. The van der Waals surface area contributed by atoms with Crippen LogP contribution < -0.4 is 0 Å². The van der Waals surface area contributed by atoms with Crippen LogP contribution in [0.5, 0.6) is 0 Å². The van der Waals surface area contributed by atoms with Crippen molar-refractivity contribution < 1.29 is 18.9 Å². The van der Waals surface area contributed by atoms with Crippen LogP contribution in [0.25, 0.3) is 0 Å². The van der Waals surface area contributed by atoms with E-state index in [2.05, 4.69) is 12.1 Å². The van der Waals surface area contributed by atoms with Crippen LogP contribution in [-0.4, -0.2) is 32.7 Å². The van der Waals surface area contributed by atoms with Gasteiger partial charge in [-0.1, -0.05) is 24.3 Å². The highest BCUT2D eigenvalue weighted by atomic mass is 16.7. The van der Waals surface area contributed by atoms with E-state index in [4.69, 9.17) is 24.2 Å². The topological polar surface area (TPSA) is 60.7 Å². The fraction of sp³-hybridized carbons (Fsp3) is 0.550. The van der Waals surface area contributed by atoms with Crippen molar-refractivity contribution in [3.8, 4) is 6.07 Å². The summed E-state index contributed by atoms with van der Waals surface area (Å²) in [6.07, 6.45) is 5.53. The van der Waals surface area contributed by atoms with Gasteiger partial charge in [-0.05, 0) is 31.9 Å². The average Bonchev–Trinajstić information content (AvgIpc) is 2.68.